The number of hydrogen-bond donors (Lipinski definition) is 2. The summed E-state index contributed by atoms with van der Waals surface area (Å²) in [7, 11) is -3.57. The molecule has 26 heavy (non-hydrogen) atoms. The number of sulfonamides is 1. The van der Waals surface area contributed by atoms with E-state index in [1.807, 2.05) is 20.8 Å². The van der Waals surface area contributed by atoms with Gasteiger partial charge in [-0.05, 0) is 51.5 Å². The van der Waals surface area contributed by atoms with E-state index < -0.39 is 10.0 Å². The Hall–Kier alpha value is -1.93. The smallest absolute Gasteiger partial charge is 0.240 e. The molecule has 0 unspecified atom stereocenters. The van der Waals surface area contributed by atoms with Crippen molar-refractivity contribution in [2.24, 2.45) is 5.92 Å². The molecular formula is C18H27N3O4S. The van der Waals surface area contributed by atoms with Gasteiger partial charge >= 0.3 is 0 Å². The SMILES string of the molecule is CC[C@H](C)NS(=O)(=O)c1ccc(NC(=O)[C@H]2CC(=O)N(C(C)C)C2)cc1. The average Bonchev–Trinajstić information content (AvgIpc) is 2.97. The summed E-state index contributed by atoms with van der Waals surface area (Å²) in [4.78, 5) is 26.1. The van der Waals surface area contributed by atoms with E-state index >= 15 is 0 Å². The number of likely N-dealkylation sites (tertiary alicyclic amines) is 1. The summed E-state index contributed by atoms with van der Waals surface area (Å²) < 4.78 is 27.1. The molecule has 1 aliphatic heterocycles. The Balaban J connectivity index is 2.01. The van der Waals surface area contributed by atoms with Gasteiger partial charge in [0, 0.05) is 30.7 Å². The van der Waals surface area contributed by atoms with E-state index in [9.17, 15) is 18.0 Å². The quantitative estimate of drug-likeness (QED) is 0.755. The highest BCUT2D eigenvalue weighted by atomic mass is 32.2. The van der Waals surface area contributed by atoms with Gasteiger partial charge in [-0.1, -0.05) is 6.92 Å². The van der Waals surface area contributed by atoms with E-state index in [0.717, 1.165) is 0 Å². The van der Waals surface area contributed by atoms with Crippen LogP contribution in [0.5, 0.6) is 0 Å². The molecule has 1 fully saturated rings. The van der Waals surface area contributed by atoms with E-state index in [4.69, 9.17) is 0 Å². The van der Waals surface area contributed by atoms with E-state index in [0.29, 0.717) is 18.7 Å². The van der Waals surface area contributed by atoms with Crippen LogP contribution in [0, 0.1) is 5.92 Å². The van der Waals surface area contributed by atoms with Crippen LogP contribution in [0.15, 0.2) is 29.2 Å². The zero-order chi connectivity index (χ0) is 19.5. The molecule has 1 heterocycles. The minimum atomic E-state index is -3.57. The summed E-state index contributed by atoms with van der Waals surface area (Å²) >= 11 is 0. The van der Waals surface area contributed by atoms with Gasteiger partial charge in [-0.2, -0.15) is 0 Å². The van der Waals surface area contributed by atoms with Gasteiger partial charge in [-0.25, -0.2) is 13.1 Å². The van der Waals surface area contributed by atoms with Gasteiger partial charge in [0.15, 0.2) is 0 Å². The highest BCUT2D eigenvalue weighted by molar-refractivity contribution is 7.89. The van der Waals surface area contributed by atoms with Crippen molar-refractivity contribution >= 4 is 27.5 Å². The van der Waals surface area contributed by atoms with Gasteiger partial charge < -0.3 is 10.2 Å². The van der Waals surface area contributed by atoms with Crippen molar-refractivity contribution in [3.63, 3.8) is 0 Å². The largest absolute Gasteiger partial charge is 0.339 e. The van der Waals surface area contributed by atoms with Crippen molar-refractivity contribution in [1.82, 2.24) is 9.62 Å². The summed E-state index contributed by atoms with van der Waals surface area (Å²) in [5.74, 6) is -0.632. The Labute approximate surface area is 155 Å². The number of nitrogens with zero attached hydrogens (tertiary/aromatic N) is 1. The molecule has 0 bridgehead atoms. The highest BCUT2D eigenvalue weighted by Gasteiger charge is 2.35. The molecule has 0 radical (unpaired) electrons. The first-order valence-corrected chi connectivity index (χ1v) is 10.3. The first-order chi connectivity index (χ1) is 12.1. The van der Waals surface area contributed by atoms with E-state index in [1.54, 1.807) is 24.0 Å². The maximum Gasteiger partial charge on any atom is 0.240 e. The number of amides is 2. The molecule has 1 aliphatic rings. The Morgan fingerprint density at radius 2 is 1.85 bits per heavy atom. The summed E-state index contributed by atoms with van der Waals surface area (Å²) in [6.07, 6.45) is 0.899. The molecule has 2 N–H and O–H groups in total. The van der Waals surface area contributed by atoms with Crippen LogP contribution in [0.1, 0.15) is 40.5 Å². The Morgan fingerprint density at radius 3 is 2.35 bits per heavy atom. The molecule has 0 saturated carbocycles. The van der Waals surface area contributed by atoms with Crippen molar-refractivity contribution in [2.45, 2.75) is 57.5 Å². The van der Waals surface area contributed by atoms with Crippen molar-refractivity contribution in [2.75, 3.05) is 11.9 Å². The van der Waals surface area contributed by atoms with Crippen LogP contribution in [0.2, 0.25) is 0 Å². The zero-order valence-corrected chi connectivity index (χ0v) is 16.5. The van der Waals surface area contributed by atoms with Crippen molar-refractivity contribution in [3.8, 4) is 0 Å². The Bertz CT molecular complexity index is 759. The van der Waals surface area contributed by atoms with Crippen LogP contribution in [-0.2, 0) is 19.6 Å². The molecule has 0 aliphatic carbocycles. The predicted molar refractivity (Wildman–Crippen MR) is 100 cm³/mol. The lowest BCUT2D eigenvalue weighted by Gasteiger charge is -2.20. The van der Waals surface area contributed by atoms with Crippen LogP contribution in [0.4, 0.5) is 5.69 Å². The molecule has 0 spiro atoms. The fourth-order valence-electron chi connectivity index (χ4n) is 2.78. The maximum absolute atomic E-state index is 12.4. The minimum Gasteiger partial charge on any atom is -0.339 e. The van der Waals surface area contributed by atoms with Crippen molar-refractivity contribution < 1.29 is 18.0 Å². The number of hydrogen-bond acceptors (Lipinski definition) is 4. The molecule has 8 heteroatoms. The molecule has 2 atom stereocenters. The minimum absolute atomic E-state index is 0.0160. The maximum atomic E-state index is 12.4. The normalized spacial score (nSPS) is 19.0. The summed E-state index contributed by atoms with van der Waals surface area (Å²) in [6.45, 7) is 7.96. The van der Waals surface area contributed by atoms with Crippen molar-refractivity contribution in [1.29, 1.82) is 0 Å². The van der Waals surface area contributed by atoms with Crippen LogP contribution < -0.4 is 10.0 Å². The number of benzene rings is 1. The molecule has 2 rings (SSSR count). The molecular weight excluding hydrogens is 354 g/mol. The number of rotatable bonds is 7. The van der Waals surface area contributed by atoms with Crippen LogP contribution >= 0.6 is 0 Å². The Morgan fingerprint density at radius 1 is 1.23 bits per heavy atom. The van der Waals surface area contributed by atoms with E-state index in [-0.39, 0.29) is 41.1 Å². The van der Waals surface area contributed by atoms with Crippen LogP contribution in [0.3, 0.4) is 0 Å². The fourth-order valence-corrected chi connectivity index (χ4v) is 4.11. The number of carbonyl (C=O) groups excluding carboxylic acids is 2. The standard InChI is InChI=1S/C18H27N3O4S/c1-5-13(4)20-26(24,25)16-8-6-15(7-9-16)19-18(23)14-10-17(22)21(11-14)12(2)3/h6-9,12-14,20H,5,10-11H2,1-4H3,(H,19,23)/t13-,14-/m0/s1. The van der Waals surface area contributed by atoms with Gasteiger partial charge in [0.25, 0.3) is 0 Å². The second-order valence-corrected chi connectivity index (χ2v) is 8.70. The second-order valence-electron chi connectivity index (χ2n) is 6.99. The van der Waals surface area contributed by atoms with E-state index in [2.05, 4.69) is 10.0 Å². The van der Waals surface area contributed by atoms with Gasteiger partial charge in [0.2, 0.25) is 21.8 Å². The van der Waals surface area contributed by atoms with Gasteiger partial charge in [0.1, 0.15) is 0 Å². The number of nitrogens with one attached hydrogen (secondary N) is 2. The molecule has 1 saturated heterocycles. The summed E-state index contributed by atoms with van der Waals surface area (Å²) in [5.41, 5.74) is 0.507. The van der Waals surface area contributed by atoms with Crippen molar-refractivity contribution in [3.05, 3.63) is 24.3 Å². The van der Waals surface area contributed by atoms with Gasteiger partial charge in [0.05, 0.1) is 10.8 Å². The monoisotopic (exact) mass is 381 g/mol. The fraction of sp³-hybridized carbons (Fsp3) is 0.556. The highest BCUT2D eigenvalue weighted by Crippen LogP contribution is 2.22. The molecule has 2 amide bonds. The Kier molecular flexibility index (Phi) is 6.41. The zero-order valence-electron chi connectivity index (χ0n) is 15.7. The molecule has 1 aromatic rings. The second kappa shape index (κ2) is 8.18. The van der Waals surface area contributed by atoms with E-state index in [1.165, 1.54) is 12.1 Å². The third kappa shape index (κ3) is 4.82. The molecule has 7 nitrogen and oxygen atoms in total. The first-order valence-electron chi connectivity index (χ1n) is 8.86. The lowest BCUT2D eigenvalue weighted by molar-refractivity contribution is -0.129. The topological polar surface area (TPSA) is 95.6 Å². The summed E-state index contributed by atoms with van der Waals surface area (Å²) in [6, 6.07) is 5.95. The predicted octanol–water partition coefficient (Wildman–Crippen LogP) is 1.96. The summed E-state index contributed by atoms with van der Waals surface area (Å²) in [5, 5.41) is 2.76. The number of carbonyl (C=O) groups is 2. The molecule has 0 aromatic heterocycles. The molecule has 144 valence electrons. The van der Waals surface area contributed by atoms with Gasteiger partial charge in [-0.15, -0.1) is 0 Å². The van der Waals surface area contributed by atoms with Crippen LogP contribution in [0.25, 0.3) is 0 Å². The third-order valence-electron chi connectivity index (χ3n) is 4.55. The first kappa shape index (κ1) is 20.4. The van der Waals surface area contributed by atoms with Crippen LogP contribution in [-0.4, -0.2) is 43.8 Å². The van der Waals surface area contributed by atoms with Gasteiger partial charge in [-0.3, -0.25) is 9.59 Å². The number of anilines is 1. The lowest BCUT2D eigenvalue weighted by atomic mass is 10.1. The molecule has 1 aromatic carbocycles. The lowest BCUT2D eigenvalue weighted by Crippen LogP contribution is -2.33. The third-order valence-corrected chi connectivity index (χ3v) is 6.16. The average molecular weight is 381 g/mol.